The molecular weight excluding hydrogens is 208 g/mol. The number of hydrogen-bond acceptors (Lipinski definition) is 5. The fourth-order valence-corrected chi connectivity index (χ4v) is 1.52. The summed E-state index contributed by atoms with van der Waals surface area (Å²) in [5, 5.41) is 0. The number of ether oxygens (including phenoxy) is 2. The molecule has 1 aromatic heterocycles. The van der Waals surface area contributed by atoms with Gasteiger partial charge in [0.15, 0.2) is 0 Å². The molecule has 86 valence electrons. The number of aromatic nitrogens is 1. The first-order valence-electron chi connectivity index (χ1n) is 5.22. The van der Waals surface area contributed by atoms with E-state index in [1.165, 1.54) is 6.20 Å². The number of carbonyl (C=O) groups is 1. The molecule has 0 aromatic carbocycles. The van der Waals surface area contributed by atoms with Crippen LogP contribution in [0.15, 0.2) is 18.3 Å². The summed E-state index contributed by atoms with van der Waals surface area (Å²) in [4.78, 5) is 15.4. The topological polar surface area (TPSA) is 74.4 Å². The van der Waals surface area contributed by atoms with Crippen LogP contribution in [0.4, 0.5) is 5.82 Å². The molecule has 5 nitrogen and oxygen atoms in total. The van der Waals surface area contributed by atoms with Crippen molar-refractivity contribution < 1.29 is 14.3 Å². The Morgan fingerprint density at radius 1 is 1.62 bits per heavy atom. The molecule has 0 amide bonds. The fraction of sp³-hybridized carbons (Fsp3) is 0.455. The maximum Gasteiger partial charge on any atom is 0.339 e. The third-order valence-electron chi connectivity index (χ3n) is 2.50. The average Bonchev–Trinajstić information content (AvgIpc) is 2.80. The molecule has 0 spiro atoms. The molecular formula is C11H14N2O3. The van der Waals surface area contributed by atoms with E-state index < -0.39 is 0 Å². The summed E-state index contributed by atoms with van der Waals surface area (Å²) in [5.74, 6) is 0.353. The second-order valence-corrected chi connectivity index (χ2v) is 3.80. The Morgan fingerprint density at radius 3 is 3.12 bits per heavy atom. The third kappa shape index (κ3) is 2.70. The van der Waals surface area contributed by atoms with E-state index in [0.29, 0.717) is 30.5 Å². The molecule has 0 bridgehead atoms. The predicted octanol–water partition coefficient (Wildman–Crippen LogP) is 0.857. The summed E-state index contributed by atoms with van der Waals surface area (Å²) < 4.78 is 10.3. The summed E-state index contributed by atoms with van der Waals surface area (Å²) in [6.45, 7) is 1.84. The van der Waals surface area contributed by atoms with Crippen LogP contribution in [0.3, 0.4) is 0 Å². The Morgan fingerprint density at radius 2 is 2.50 bits per heavy atom. The molecule has 1 saturated heterocycles. The molecule has 1 atom stereocenters. The molecule has 1 unspecified atom stereocenters. The second kappa shape index (κ2) is 4.94. The second-order valence-electron chi connectivity index (χ2n) is 3.80. The number of nitrogen functional groups attached to an aromatic ring is 1. The number of nitrogens with zero attached hydrogens (tertiary/aromatic N) is 1. The van der Waals surface area contributed by atoms with Gasteiger partial charge in [-0.25, -0.2) is 9.78 Å². The molecule has 5 heteroatoms. The number of nitrogens with two attached hydrogens (primary N) is 1. The first kappa shape index (κ1) is 10.9. The van der Waals surface area contributed by atoms with Gasteiger partial charge in [-0.05, 0) is 18.6 Å². The van der Waals surface area contributed by atoms with E-state index in [0.717, 1.165) is 13.0 Å². The summed E-state index contributed by atoms with van der Waals surface area (Å²) in [5.41, 5.74) is 5.84. The zero-order valence-electron chi connectivity index (χ0n) is 8.89. The monoisotopic (exact) mass is 222 g/mol. The van der Waals surface area contributed by atoms with Crippen molar-refractivity contribution in [2.75, 3.05) is 25.6 Å². The number of esters is 1. The lowest BCUT2D eigenvalue weighted by Crippen LogP contribution is -2.14. The molecule has 1 aliphatic rings. The Kier molecular flexibility index (Phi) is 3.36. The van der Waals surface area contributed by atoms with Crippen LogP contribution >= 0.6 is 0 Å². The van der Waals surface area contributed by atoms with E-state index in [2.05, 4.69) is 4.98 Å². The predicted molar refractivity (Wildman–Crippen MR) is 57.9 cm³/mol. The molecule has 0 radical (unpaired) electrons. The van der Waals surface area contributed by atoms with Gasteiger partial charge in [0.2, 0.25) is 0 Å². The van der Waals surface area contributed by atoms with Crippen molar-refractivity contribution in [1.82, 2.24) is 4.98 Å². The molecule has 2 rings (SSSR count). The first-order chi connectivity index (χ1) is 7.75. The van der Waals surface area contributed by atoms with Gasteiger partial charge >= 0.3 is 5.97 Å². The summed E-state index contributed by atoms with van der Waals surface area (Å²) in [6, 6.07) is 3.19. The molecule has 2 N–H and O–H groups in total. The lowest BCUT2D eigenvalue weighted by Gasteiger charge is -2.08. The molecule has 16 heavy (non-hydrogen) atoms. The summed E-state index contributed by atoms with van der Waals surface area (Å²) in [6.07, 6.45) is 2.37. The van der Waals surface area contributed by atoms with Crippen LogP contribution in [0, 0.1) is 5.92 Å². The zero-order valence-corrected chi connectivity index (χ0v) is 8.89. The Bertz CT molecular complexity index is 358. The molecule has 1 aromatic rings. The van der Waals surface area contributed by atoms with Gasteiger partial charge < -0.3 is 15.2 Å². The first-order valence-corrected chi connectivity index (χ1v) is 5.22. The minimum Gasteiger partial charge on any atom is -0.462 e. The van der Waals surface area contributed by atoms with Crippen molar-refractivity contribution in [2.24, 2.45) is 5.92 Å². The highest BCUT2D eigenvalue weighted by atomic mass is 16.5. The van der Waals surface area contributed by atoms with Crippen molar-refractivity contribution >= 4 is 11.8 Å². The van der Waals surface area contributed by atoms with Crippen molar-refractivity contribution in [3.05, 3.63) is 23.9 Å². The quantitative estimate of drug-likeness (QED) is 0.767. The van der Waals surface area contributed by atoms with Gasteiger partial charge in [-0.1, -0.05) is 0 Å². The highest BCUT2D eigenvalue weighted by molar-refractivity contribution is 5.89. The van der Waals surface area contributed by atoms with Crippen LogP contribution in [-0.4, -0.2) is 30.8 Å². The van der Waals surface area contributed by atoms with E-state index in [4.69, 9.17) is 15.2 Å². The molecule has 0 aliphatic carbocycles. The maximum atomic E-state index is 11.6. The largest absolute Gasteiger partial charge is 0.462 e. The van der Waals surface area contributed by atoms with Gasteiger partial charge in [-0.3, -0.25) is 0 Å². The van der Waals surface area contributed by atoms with E-state index in [9.17, 15) is 4.79 Å². The van der Waals surface area contributed by atoms with Crippen LogP contribution in [0.2, 0.25) is 0 Å². The lowest BCUT2D eigenvalue weighted by molar-refractivity contribution is 0.0428. The third-order valence-corrected chi connectivity index (χ3v) is 2.50. The SMILES string of the molecule is Nc1ccc(C(=O)OCC2CCOC2)cn1. The molecule has 2 heterocycles. The number of pyridine rings is 1. The Hall–Kier alpha value is -1.62. The number of hydrogen-bond donors (Lipinski definition) is 1. The average molecular weight is 222 g/mol. The van der Waals surface area contributed by atoms with Crippen LogP contribution < -0.4 is 5.73 Å². The van der Waals surface area contributed by atoms with Gasteiger partial charge in [-0.2, -0.15) is 0 Å². The van der Waals surface area contributed by atoms with Gasteiger partial charge in [0.1, 0.15) is 5.82 Å². The fourth-order valence-electron chi connectivity index (χ4n) is 1.52. The maximum absolute atomic E-state index is 11.6. The van der Waals surface area contributed by atoms with Crippen LogP contribution in [0.5, 0.6) is 0 Å². The molecule has 1 fully saturated rings. The van der Waals surface area contributed by atoms with Crippen LogP contribution in [0.1, 0.15) is 16.8 Å². The van der Waals surface area contributed by atoms with Crippen molar-refractivity contribution in [3.8, 4) is 0 Å². The standard InChI is InChI=1S/C11H14N2O3/c12-10-2-1-9(5-13-10)11(14)16-7-8-3-4-15-6-8/h1-2,5,8H,3-4,6-7H2,(H2,12,13). The molecule has 1 aliphatic heterocycles. The summed E-state index contributed by atoms with van der Waals surface area (Å²) >= 11 is 0. The number of rotatable bonds is 3. The lowest BCUT2D eigenvalue weighted by atomic mass is 10.1. The van der Waals surface area contributed by atoms with Crippen molar-refractivity contribution in [2.45, 2.75) is 6.42 Å². The normalized spacial score (nSPS) is 19.6. The van der Waals surface area contributed by atoms with E-state index in [1.54, 1.807) is 12.1 Å². The van der Waals surface area contributed by atoms with Crippen LogP contribution in [-0.2, 0) is 9.47 Å². The smallest absolute Gasteiger partial charge is 0.339 e. The highest BCUT2D eigenvalue weighted by Crippen LogP contribution is 2.13. The van der Waals surface area contributed by atoms with Crippen LogP contribution in [0.25, 0.3) is 0 Å². The van der Waals surface area contributed by atoms with Crippen molar-refractivity contribution in [1.29, 1.82) is 0 Å². The highest BCUT2D eigenvalue weighted by Gasteiger charge is 2.18. The minimum atomic E-state index is -0.362. The number of carbonyl (C=O) groups excluding carboxylic acids is 1. The Labute approximate surface area is 93.6 Å². The Balaban J connectivity index is 1.85. The van der Waals surface area contributed by atoms with E-state index in [-0.39, 0.29) is 5.97 Å². The van der Waals surface area contributed by atoms with Gasteiger partial charge in [0.25, 0.3) is 0 Å². The molecule has 0 saturated carbocycles. The van der Waals surface area contributed by atoms with E-state index in [1.807, 2.05) is 0 Å². The van der Waals surface area contributed by atoms with Gasteiger partial charge in [0, 0.05) is 18.7 Å². The zero-order chi connectivity index (χ0) is 11.4. The van der Waals surface area contributed by atoms with Gasteiger partial charge in [-0.15, -0.1) is 0 Å². The number of anilines is 1. The van der Waals surface area contributed by atoms with Crippen molar-refractivity contribution in [3.63, 3.8) is 0 Å². The van der Waals surface area contributed by atoms with E-state index >= 15 is 0 Å². The minimum absolute atomic E-state index is 0.325. The van der Waals surface area contributed by atoms with Gasteiger partial charge in [0.05, 0.1) is 18.8 Å². The summed E-state index contributed by atoms with van der Waals surface area (Å²) in [7, 11) is 0.